The molecular weight excluding hydrogens is 196 g/mol. The van der Waals surface area contributed by atoms with E-state index in [1.54, 1.807) is 12.1 Å². The fraction of sp³-hybridized carbons (Fsp3) is 0.200. The van der Waals surface area contributed by atoms with Gasteiger partial charge in [0.2, 0.25) is 0 Å². The van der Waals surface area contributed by atoms with E-state index < -0.39 is 0 Å². The van der Waals surface area contributed by atoms with Crippen molar-refractivity contribution in [2.45, 2.75) is 0 Å². The van der Waals surface area contributed by atoms with E-state index in [9.17, 15) is 9.59 Å². The highest BCUT2D eigenvalue weighted by Gasteiger charge is 2.11. The van der Waals surface area contributed by atoms with Crippen molar-refractivity contribution in [2.75, 3.05) is 19.4 Å². The van der Waals surface area contributed by atoms with E-state index in [4.69, 9.17) is 10.5 Å². The molecule has 1 aromatic carbocycles. The molecule has 15 heavy (non-hydrogen) atoms. The van der Waals surface area contributed by atoms with Crippen molar-refractivity contribution in [2.24, 2.45) is 0 Å². The van der Waals surface area contributed by atoms with Gasteiger partial charge in [0.25, 0.3) is 5.91 Å². The van der Waals surface area contributed by atoms with Crippen molar-refractivity contribution in [1.29, 1.82) is 0 Å². The highest BCUT2D eigenvalue weighted by atomic mass is 16.5. The first-order valence-electron chi connectivity index (χ1n) is 4.34. The van der Waals surface area contributed by atoms with Crippen LogP contribution in [-0.4, -0.2) is 25.8 Å². The second kappa shape index (κ2) is 4.99. The Morgan fingerprint density at radius 2 is 2.33 bits per heavy atom. The van der Waals surface area contributed by atoms with Crippen LogP contribution in [0.3, 0.4) is 0 Å². The molecule has 0 spiro atoms. The van der Waals surface area contributed by atoms with Gasteiger partial charge in [0, 0.05) is 5.69 Å². The second-order valence-electron chi connectivity index (χ2n) is 2.84. The summed E-state index contributed by atoms with van der Waals surface area (Å²) in [5.74, 6) is 0.0406. The van der Waals surface area contributed by atoms with Crippen LogP contribution in [-0.2, 0) is 4.79 Å². The zero-order chi connectivity index (χ0) is 11.3. The third kappa shape index (κ3) is 2.70. The zero-order valence-electron chi connectivity index (χ0n) is 8.32. The number of rotatable bonds is 4. The number of ether oxygens (including phenoxy) is 1. The van der Waals surface area contributed by atoms with Crippen LogP contribution >= 0.6 is 0 Å². The number of nitrogens with one attached hydrogen (secondary N) is 1. The average molecular weight is 208 g/mol. The third-order valence-corrected chi connectivity index (χ3v) is 1.81. The van der Waals surface area contributed by atoms with Crippen molar-refractivity contribution in [3.63, 3.8) is 0 Å². The van der Waals surface area contributed by atoms with Crippen LogP contribution in [0.4, 0.5) is 5.69 Å². The molecule has 0 fully saturated rings. The average Bonchev–Trinajstić information content (AvgIpc) is 2.25. The van der Waals surface area contributed by atoms with E-state index in [1.807, 2.05) is 0 Å². The molecule has 80 valence electrons. The molecule has 0 aliphatic heterocycles. The number of anilines is 1. The van der Waals surface area contributed by atoms with Crippen LogP contribution in [0.25, 0.3) is 0 Å². The molecule has 0 aliphatic carbocycles. The molecule has 1 amide bonds. The monoisotopic (exact) mass is 208 g/mol. The van der Waals surface area contributed by atoms with Gasteiger partial charge in [-0.05, 0) is 18.2 Å². The number of aldehydes is 1. The summed E-state index contributed by atoms with van der Waals surface area (Å²) < 4.78 is 5.00. The number of methoxy groups -OCH3 is 1. The highest BCUT2D eigenvalue weighted by Crippen LogP contribution is 2.20. The van der Waals surface area contributed by atoms with E-state index in [1.165, 1.54) is 13.2 Å². The summed E-state index contributed by atoms with van der Waals surface area (Å²) in [6, 6.07) is 4.74. The Balaban J connectivity index is 2.94. The number of nitrogen functional groups attached to an aromatic ring is 1. The molecule has 0 radical (unpaired) electrons. The fourth-order valence-corrected chi connectivity index (χ4v) is 1.13. The summed E-state index contributed by atoms with van der Waals surface area (Å²) in [6.07, 6.45) is 0.608. The number of carbonyl (C=O) groups is 2. The maximum atomic E-state index is 11.5. The third-order valence-electron chi connectivity index (χ3n) is 1.81. The number of amides is 1. The lowest BCUT2D eigenvalue weighted by molar-refractivity contribution is -0.107. The zero-order valence-corrected chi connectivity index (χ0v) is 8.32. The number of carbonyl (C=O) groups excluding carboxylic acids is 2. The molecular formula is C10H12N2O3. The van der Waals surface area contributed by atoms with Crippen LogP contribution in [0, 0.1) is 0 Å². The lowest BCUT2D eigenvalue weighted by Gasteiger charge is -2.08. The van der Waals surface area contributed by atoms with Gasteiger partial charge in [-0.25, -0.2) is 0 Å². The topological polar surface area (TPSA) is 81.4 Å². The standard InChI is InChI=1S/C10H12N2O3/c1-15-9-3-2-7(11)6-8(9)10(14)12-4-5-13/h2-3,5-6H,4,11H2,1H3,(H,12,14). The predicted molar refractivity (Wildman–Crippen MR) is 55.8 cm³/mol. The van der Waals surface area contributed by atoms with Crippen molar-refractivity contribution in [3.05, 3.63) is 23.8 Å². The Labute approximate surface area is 87.2 Å². The molecule has 0 unspecified atom stereocenters. The first-order valence-corrected chi connectivity index (χ1v) is 4.34. The van der Waals surface area contributed by atoms with Crippen molar-refractivity contribution < 1.29 is 14.3 Å². The Kier molecular flexibility index (Phi) is 3.68. The van der Waals surface area contributed by atoms with Gasteiger partial charge >= 0.3 is 0 Å². The van der Waals surface area contributed by atoms with E-state index in [0.717, 1.165) is 0 Å². The Bertz CT molecular complexity index is 377. The van der Waals surface area contributed by atoms with Gasteiger partial charge in [-0.1, -0.05) is 0 Å². The molecule has 0 saturated heterocycles. The molecule has 3 N–H and O–H groups in total. The van der Waals surface area contributed by atoms with Gasteiger partial charge in [0.1, 0.15) is 12.0 Å². The molecule has 0 heterocycles. The molecule has 0 bridgehead atoms. The SMILES string of the molecule is COc1ccc(N)cc1C(=O)NCC=O. The van der Waals surface area contributed by atoms with Crippen LogP contribution in [0.2, 0.25) is 0 Å². The van der Waals surface area contributed by atoms with E-state index in [0.29, 0.717) is 23.3 Å². The molecule has 0 atom stereocenters. The number of benzene rings is 1. The second-order valence-corrected chi connectivity index (χ2v) is 2.84. The van der Waals surface area contributed by atoms with Crippen molar-refractivity contribution in [1.82, 2.24) is 5.32 Å². The molecule has 1 aromatic rings. The number of hydrogen-bond acceptors (Lipinski definition) is 4. The van der Waals surface area contributed by atoms with Crippen molar-refractivity contribution in [3.8, 4) is 5.75 Å². The molecule has 1 rings (SSSR count). The van der Waals surface area contributed by atoms with E-state index in [-0.39, 0.29) is 12.5 Å². The summed E-state index contributed by atoms with van der Waals surface area (Å²) in [5, 5.41) is 2.41. The van der Waals surface area contributed by atoms with Crippen LogP contribution in [0.1, 0.15) is 10.4 Å². The summed E-state index contributed by atoms with van der Waals surface area (Å²) >= 11 is 0. The summed E-state index contributed by atoms with van der Waals surface area (Å²) in [4.78, 5) is 21.6. The molecule has 0 aliphatic rings. The minimum atomic E-state index is -0.383. The molecule has 0 saturated carbocycles. The smallest absolute Gasteiger partial charge is 0.255 e. The Morgan fingerprint density at radius 3 is 2.93 bits per heavy atom. The van der Waals surface area contributed by atoms with Crippen LogP contribution in [0.15, 0.2) is 18.2 Å². The predicted octanol–water partition coefficient (Wildman–Crippen LogP) is 0.206. The quantitative estimate of drug-likeness (QED) is 0.547. The van der Waals surface area contributed by atoms with Gasteiger partial charge in [0.15, 0.2) is 0 Å². The molecule has 5 heteroatoms. The minimum absolute atomic E-state index is 0.0310. The van der Waals surface area contributed by atoms with E-state index >= 15 is 0 Å². The van der Waals surface area contributed by atoms with Gasteiger partial charge in [0.05, 0.1) is 19.2 Å². The largest absolute Gasteiger partial charge is 0.496 e. The Morgan fingerprint density at radius 1 is 1.60 bits per heavy atom. The molecule has 5 nitrogen and oxygen atoms in total. The minimum Gasteiger partial charge on any atom is -0.496 e. The lowest BCUT2D eigenvalue weighted by atomic mass is 10.1. The number of hydrogen-bond donors (Lipinski definition) is 2. The maximum Gasteiger partial charge on any atom is 0.255 e. The molecule has 0 aromatic heterocycles. The fourth-order valence-electron chi connectivity index (χ4n) is 1.13. The van der Waals surface area contributed by atoms with Crippen molar-refractivity contribution >= 4 is 17.9 Å². The van der Waals surface area contributed by atoms with Gasteiger partial charge in [-0.15, -0.1) is 0 Å². The van der Waals surface area contributed by atoms with E-state index in [2.05, 4.69) is 5.32 Å². The normalized spacial score (nSPS) is 9.40. The Hall–Kier alpha value is -2.04. The maximum absolute atomic E-state index is 11.5. The summed E-state index contributed by atoms with van der Waals surface area (Å²) in [7, 11) is 1.46. The van der Waals surface area contributed by atoms with Gasteiger partial charge < -0.3 is 20.6 Å². The number of nitrogens with two attached hydrogens (primary N) is 1. The van der Waals surface area contributed by atoms with Crippen LogP contribution < -0.4 is 15.8 Å². The van der Waals surface area contributed by atoms with Gasteiger partial charge in [-0.3, -0.25) is 4.79 Å². The lowest BCUT2D eigenvalue weighted by Crippen LogP contribution is -2.25. The first kappa shape index (κ1) is 11.0. The van der Waals surface area contributed by atoms with Crippen LogP contribution in [0.5, 0.6) is 5.75 Å². The highest BCUT2D eigenvalue weighted by molar-refractivity contribution is 5.98. The summed E-state index contributed by atoms with van der Waals surface area (Å²) in [6.45, 7) is -0.0310. The first-order chi connectivity index (χ1) is 7.19. The van der Waals surface area contributed by atoms with Gasteiger partial charge in [-0.2, -0.15) is 0 Å². The summed E-state index contributed by atoms with van der Waals surface area (Å²) in [5.41, 5.74) is 6.33.